The highest BCUT2D eigenvalue weighted by Crippen LogP contribution is 2.63. The molecule has 0 nitrogen and oxygen atoms in total. The molecule has 0 atom stereocenters. The summed E-state index contributed by atoms with van der Waals surface area (Å²) in [5, 5.41) is 28.0. The van der Waals surface area contributed by atoms with Crippen LogP contribution in [-0.4, -0.2) is 0 Å². The summed E-state index contributed by atoms with van der Waals surface area (Å²) in [5.74, 6) is 0.516. The molecular weight excluding hydrogens is 420 g/mol. The molecule has 0 heterocycles. The molecule has 0 saturated heterocycles. The average molecular weight is 439 g/mol. The molecule has 2 aliphatic carbocycles. The first kappa shape index (κ1) is 15.9. The van der Waals surface area contributed by atoms with Crippen LogP contribution in [0, 0.1) is 0 Å². The lowest BCUT2D eigenvalue weighted by Crippen LogP contribution is -1.97. The Kier molecular flexibility index (Phi) is 1.95. The van der Waals surface area contributed by atoms with E-state index >= 15 is 0 Å². The van der Waals surface area contributed by atoms with Gasteiger partial charge in [-0.1, -0.05) is 56.3 Å². The van der Waals surface area contributed by atoms with Crippen LogP contribution < -0.4 is 0 Å². The van der Waals surface area contributed by atoms with Crippen molar-refractivity contribution in [3.8, 4) is 0 Å². The van der Waals surface area contributed by atoms with Gasteiger partial charge in [0.15, 0.2) is 0 Å². The Labute approximate surface area is 199 Å². The summed E-state index contributed by atoms with van der Waals surface area (Å²) in [6.45, 7) is 4.81. The Morgan fingerprint density at radius 3 is 1.51 bits per heavy atom. The van der Waals surface area contributed by atoms with Crippen LogP contribution in [0.15, 0.2) is 42.5 Å². The smallest absolute Gasteiger partial charge is 0.0000264 e. The zero-order valence-electron chi connectivity index (χ0n) is 19.5. The second kappa shape index (κ2) is 4.29. The lowest BCUT2D eigenvalue weighted by atomic mass is 9.86. The van der Waals surface area contributed by atoms with Gasteiger partial charge < -0.3 is 0 Å². The normalized spacial score (nSPS) is 15.7. The molecule has 2 aliphatic rings. The predicted molar refractivity (Wildman–Crippen MR) is 151 cm³/mol. The maximum Gasteiger partial charge on any atom is -0.0000264 e. The lowest BCUT2D eigenvalue weighted by Gasteiger charge is -2.17. The van der Waals surface area contributed by atoms with Crippen LogP contribution in [0.4, 0.5) is 0 Å². The molecule has 0 saturated carbocycles. The minimum atomic E-state index is 0.516. The molecule has 0 unspecified atom stereocenters. The van der Waals surface area contributed by atoms with Crippen LogP contribution >= 0.6 is 0 Å². The summed E-state index contributed by atoms with van der Waals surface area (Å²) >= 11 is 0. The van der Waals surface area contributed by atoms with Crippen molar-refractivity contribution in [2.75, 3.05) is 0 Å². The lowest BCUT2D eigenvalue weighted by molar-refractivity contribution is 0.864. The van der Waals surface area contributed by atoms with Gasteiger partial charge in [-0.05, 0) is 144 Å². The fraction of sp³-hybridized carbons (Fsp3) is 0.143. The molecule has 0 radical (unpaired) electrons. The Bertz CT molecular complexity index is 2590. The number of rotatable bonds is 1. The van der Waals surface area contributed by atoms with Gasteiger partial charge in [0.05, 0.1) is 0 Å². The van der Waals surface area contributed by atoms with Crippen LogP contribution in [0.2, 0.25) is 0 Å². The first-order chi connectivity index (χ1) is 17.2. The molecular formula is C35H18. The molecule has 10 aromatic carbocycles. The number of hydrogen-bond donors (Lipinski definition) is 0. The molecule has 0 bridgehead atoms. The summed E-state index contributed by atoms with van der Waals surface area (Å²) in [6, 6.07) is 17.3. The van der Waals surface area contributed by atoms with Crippen molar-refractivity contribution in [1.82, 2.24) is 0 Å². The van der Waals surface area contributed by atoms with Crippen LogP contribution in [0.1, 0.15) is 47.6 Å². The topological polar surface area (TPSA) is 0 Å². The zero-order valence-corrected chi connectivity index (χ0v) is 19.5. The van der Waals surface area contributed by atoms with Crippen molar-refractivity contribution in [3.05, 3.63) is 70.3 Å². The second-order valence-electron chi connectivity index (χ2n) is 12.1. The molecule has 10 aromatic rings. The van der Waals surface area contributed by atoms with Crippen LogP contribution in [0.3, 0.4) is 0 Å². The van der Waals surface area contributed by atoms with Gasteiger partial charge in [0.1, 0.15) is 0 Å². The van der Waals surface area contributed by atoms with Gasteiger partial charge in [0.25, 0.3) is 0 Å². The quantitative estimate of drug-likeness (QED) is 0.224. The summed E-state index contributed by atoms with van der Waals surface area (Å²) in [4.78, 5) is 0. The average Bonchev–Trinajstić information content (AvgIpc) is 3.58. The van der Waals surface area contributed by atoms with Crippen molar-refractivity contribution in [3.63, 3.8) is 0 Å². The summed E-state index contributed by atoms with van der Waals surface area (Å²) in [6.07, 6.45) is 2.16. The van der Waals surface area contributed by atoms with Crippen molar-refractivity contribution >= 4 is 97.0 Å². The van der Waals surface area contributed by atoms with Crippen molar-refractivity contribution < 1.29 is 0 Å². The van der Waals surface area contributed by atoms with E-state index < -0.39 is 0 Å². The van der Waals surface area contributed by atoms with Crippen molar-refractivity contribution in [2.24, 2.45) is 0 Å². The Balaban J connectivity index is 1.67. The second-order valence-corrected chi connectivity index (χ2v) is 12.1. The van der Waals surface area contributed by atoms with Gasteiger partial charge in [0, 0.05) is 0 Å². The molecule has 0 spiro atoms. The minimum Gasteiger partial charge on any atom is -0.0586 e. The van der Waals surface area contributed by atoms with Gasteiger partial charge in [-0.2, -0.15) is 0 Å². The molecule has 0 aromatic heterocycles. The molecule has 0 fully saturated rings. The summed E-state index contributed by atoms with van der Waals surface area (Å²) in [7, 11) is 0. The van der Waals surface area contributed by atoms with E-state index in [1.807, 2.05) is 0 Å². The zero-order chi connectivity index (χ0) is 22.2. The minimum absolute atomic E-state index is 0.516. The van der Waals surface area contributed by atoms with Gasteiger partial charge >= 0.3 is 0 Å². The van der Waals surface area contributed by atoms with E-state index in [1.165, 1.54) is 26.9 Å². The fourth-order valence-electron chi connectivity index (χ4n) is 9.66. The molecule has 0 aliphatic heterocycles. The Morgan fingerprint density at radius 2 is 0.914 bits per heavy atom. The van der Waals surface area contributed by atoms with Crippen molar-refractivity contribution in [2.45, 2.75) is 32.6 Å². The van der Waals surface area contributed by atoms with E-state index in [0.717, 1.165) is 12.8 Å². The van der Waals surface area contributed by atoms with Crippen molar-refractivity contribution in [1.29, 1.82) is 0 Å². The van der Waals surface area contributed by atoms with Crippen LogP contribution in [0.5, 0.6) is 0 Å². The van der Waals surface area contributed by atoms with E-state index in [0.29, 0.717) is 5.92 Å². The van der Waals surface area contributed by atoms with Crippen LogP contribution in [-0.2, 0) is 12.8 Å². The van der Waals surface area contributed by atoms with E-state index in [-0.39, 0.29) is 0 Å². The fourth-order valence-corrected chi connectivity index (χ4v) is 9.66. The largest absolute Gasteiger partial charge is 0.0586 e. The number of benzene rings is 8. The first-order valence-corrected chi connectivity index (χ1v) is 13.2. The molecule has 35 heavy (non-hydrogen) atoms. The molecule has 158 valence electrons. The molecule has 0 heteroatoms. The SMILES string of the molecule is CC(C)c1c2c3c4c(cc5ccc6cc7c8c9c(cc%10ccc1c1c%10c9c(c31)c1c8c6c5c41)C7)C2. The van der Waals surface area contributed by atoms with Gasteiger partial charge in [-0.15, -0.1) is 0 Å². The van der Waals surface area contributed by atoms with E-state index in [1.54, 1.807) is 97.8 Å². The summed E-state index contributed by atoms with van der Waals surface area (Å²) in [5.41, 5.74) is 7.88. The molecule has 0 amide bonds. The van der Waals surface area contributed by atoms with E-state index in [9.17, 15) is 0 Å². The Morgan fingerprint density at radius 1 is 0.457 bits per heavy atom. The maximum absolute atomic E-state index is 2.55. The third-order valence-electron chi connectivity index (χ3n) is 10.5. The number of hydrogen-bond acceptors (Lipinski definition) is 0. The van der Waals surface area contributed by atoms with Crippen LogP contribution in [0.25, 0.3) is 97.0 Å². The third-order valence-corrected chi connectivity index (χ3v) is 10.5. The molecule has 0 N–H and O–H groups in total. The first-order valence-electron chi connectivity index (χ1n) is 13.2. The summed E-state index contributed by atoms with van der Waals surface area (Å²) < 4.78 is 0. The van der Waals surface area contributed by atoms with Gasteiger partial charge in [0.2, 0.25) is 0 Å². The van der Waals surface area contributed by atoms with Gasteiger partial charge in [-0.25, -0.2) is 0 Å². The Hall–Kier alpha value is -3.90. The maximum atomic E-state index is 2.55. The van der Waals surface area contributed by atoms with E-state index in [2.05, 4.69) is 56.3 Å². The molecule has 12 rings (SSSR count). The predicted octanol–water partition coefficient (Wildman–Crippen LogP) is 9.62. The van der Waals surface area contributed by atoms with Gasteiger partial charge in [-0.3, -0.25) is 0 Å². The standard InChI is InChI=1S/C35H18/c1-12(2)21-19-6-5-15-8-17-10-16-7-13-3-4-14-9-18-11-20(21)29-27(18)31-23(14)22(13)30-25(16)26(17)32-24(15)28(19)33(29)35(32)34(30)31/h3-9,12H,10-11H2,1-2H3. The highest BCUT2D eigenvalue weighted by Gasteiger charge is 2.37. The highest BCUT2D eigenvalue weighted by atomic mass is 14.4. The van der Waals surface area contributed by atoms with E-state index in [4.69, 9.17) is 0 Å². The monoisotopic (exact) mass is 438 g/mol. The highest BCUT2D eigenvalue weighted by molar-refractivity contribution is 6.59. The third kappa shape index (κ3) is 1.25.